The zero-order valence-electron chi connectivity index (χ0n) is 57.3. The fraction of sp³-hybridized carbons (Fsp3) is 0.206. The first kappa shape index (κ1) is 90.9. The summed E-state index contributed by atoms with van der Waals surface area (Å²) in [6.45, 7) is 18.3. The number of aryl methyl sites for hydroxylation is 6. The minimum absolute atomic E-state index is 0. The van der Waals surface area contributed by atoms with Crippen molar-refractivity contribution in [3.63, 3.8) is 0 Å². The number of esters is 2. The van der Waals surface area contributed by atoms with Gasteiger partial charge in [-0.3, -0.25) is 4.79 Å². The third-order valence-corrected chi connectivity index (χ3v) is 16.7. The maximum atomic E-state index is 12.1. The van der Waals surface area contributed by atoms with Crippen molar-refractivity contribution in [1.82, 2.24) is 20.1 Å². The van der Waals surface area contributed by atoms with E-state index in [-0.39, 0.29) is 120 Å². The number of nitrogens with one attached hydrogen (secondary N) is 1. The number of hydrogen-bond donors (Lipinski definition) is 2. The number of rotatable bonds is 16. The first-order valence-electron chi connectivity index (χ1n) is 28.3. The van der Waals surface area contributed by atoms with Gasteiger partial charge < -0.3 is 44.5 Å². The monoisotopic (exact) mass is 1640 g/mol. The first-order chi connectivity index (χ1) is 45.8. The normalized spacial score (nSPS) is 10.2. The summed E-state index contributed by atoms with van der Waals surface area (Å²) in [5.74, 6) is 8.53. The van der Waals surface area contributed by atoms with E-state index in [0.717, 1.165) is 48.5 Å². The number of ether oxygens (including phenoxy) is 6. The summed E-state index contributed by atoms with van der Waals surface area (Å²) >= 11 is 10.2. The third-order valence-electron chi connectivity index (χ3n) is 12.0. The van der Waals surface area contributed by atoms with Gasteiger partial charge in [-0.05, 0) is 143 Å². The second kappa shape index (κ2) is 46.4. The number of aromatic nitrogens is 4. The summed E-state index contributed by atoms with van der Waals surface area (Å²) in [5, 5.41) is 12.6. The Labute approximate surface area is 688 Å². The van der Waals surface area contributed by atoms with Gasteiger partial charge in [0.2, 0.25) is 17.5 Å². The van der Waals surface area contributed by atoms with Crippen LogP contribution in [0.2, 0.25) is 0 Å². The maximum absolute atomic E-state index is 12.1. The van der Waals surface area contributed by atoms with E-state index in [2.05, 4.69) is 85.1 Å². The molecular formula is C68H72Br3K2N6O18S2+. The van der Waals surface area contributed by atoms with E-state index in [1.54, 1.807) is 106 Å². The minimum atomic E-state index is -4.33. The standard InChI is InChI=1S/C16H13BrN2O3.C14H19NO5S.C12H12BrN2O.C12H10BrNO.C9H12O3S.C4H4O2.CH2O3.2K.H/c1-21-16(20)12-9-18-19-13(12)7-8-14(15(19)17)22-10-11-5-3-2-4-6-11;1-9-7-10(2)12(11(3)8-9)21(17,18)20-15-13(16)19-14(4,5)6;13-12-11(7-4-8-15(12)14)16-9-10-5-2-1-3-6-10;13-12-11(7-4-8-14-12)15-9-10-5-2-1-3-6-10;1-6-4-7(2)9(8(3)5-6)13(10,11)12;1-3-4(5)6-2;2-1-4-3;;;/h2-9H,10H2,1H3;7-8H,4H2,1-3,5-6H3;1-8H,9,14H2;1-8H,9H2;4-5H,1-3H3,(H,10,11,12);1H,2H3;1,3H;;;/q;;+1;;;;;2*+1;-1/p-1. The predicted molar refractivity (Wildman–Crippen MR) is 369 cm³/mol. The number of nitrogens with zero attached hydrogens (tertiary/aromatic N) is 4. The summed E-state index contributed by atoms with van der Waals surface area (Å²) in [4.78, 5) is 48.1. The molecule has 0 bridgehead atoms. The molecular weight excluding hydrogens is 1570 g/mol. The number of carbonyl (C=O) groups excluding carboxylic acids is 4. The van der Waals surface area contributed by atoms with Crippen molar-refractivity contribution >= 4 is 98.0 Å². The molecule has 516 valence electrons. The number of pyridine rings is 3. The molecule has 0 saturated carbocycles. The number of nitrogens with two attached hydrogens (primary N) is 1. The van der Waals surface area contributed by atoms with Crippen LogP contribution >= 0.6 is 47.8 Å². The van der Waals surface area contributed by atoms with Gasteiger partial charge in [0.1, 0.15) is 56.5 Å². The summed E-state index contributed by atoms with van der Waals surface area (Å²) < 4.78 is 97.2. The minimum Gasteiger partial charge on any atom is -1.00 e. The number of hydrogen-bond acceptors (Lipinski definition) is 21. The molecule has 0 radical (unpaired) electrons. The van der Waals surface area contributed by atoms with Crippen molar-refractivity contribution in [3.8, 4) is 29.6 Å². The van der Waals surface area contributed by atoms with Crippen LogP contribution in [0.3, 0.4) is 0 Å². The van der Waals surface area contributed by atoms with Gasteiger partial charge in [-0.1, -0.05) is 131 Å². The van der Waals surface area contributed by atoms with E-state index >= 15 is 0 Å². The van der Waals surface area contributed by atoms with Crippen LogP contribution in [0, 0.1) is 60.8 Å². The molecule has 99 heavy (non-hydrogen) atoms. The zero-order chi connectivity index (χ0) is 72.5. The Morgan fingerprint density at radius 3 is 1.55 bits per heavy atom. The molecule has 0 fully saturated rings. The predicted octanol–water partition coefficient (Wildman–Crippen LogP) is 5.35. The van der Waals surface area contributed by atoms with Gasteiger partial charge in [-0.15, -0.1) is 10.7 Å². The van der Waals surface area contributed by atoms with E-state index < -0.39 is 43.9 Å². The topological polar surface area (TPSA) is 329 Å². The molecule has 0 aliphatic carbocycles. The number of hydroxylamine groups is 1. The second-order valence-corrected chi connectivity index (χ2v) is 25.6. The Hall–Kier alpha value is -6.11. The number of amides is 1. The van der Waals surface area contributed by atoms with Gasteiger partial charge in [-0.25, -0.2) is 38.1 Å². The van der Waals surface area contributed by atoms with Crippen molar-refractivity contribution in [1.29, 1.82) is 0 Å². The fourth-order valence-corrected chi connectivity index (χ4v) is 11.6. The molecule has 5 aromatic carbocycles. The van der Waals surface area contributed by atoms with Crippen LogP contribution in [0.25, 0.3) is 5.52 Å². The molecule has 4 aromatic heterocycles. The maximum Gasteiger partial charge on any atom is 1.00 e. The van der Waals surface area contributed by atoms with Crippen molar-refractivity contribution in [2.24, 2.45) is 0 Å². The largest absolute Gasteiger partial charge is 1.00 e. The van der Waals surface area contributed by atoms with E-state index in [0.29, 0.717) is 63.5 Å². The summed E-state index contributed by atoms with van der Waals surface area (Å²) in [7, 11) is -5.87. The smallest absolute Gasteiger partial charge is 1.00 e. The Bertz CT molecular complexity index is 4290. The van der Waals surface area contributed by atoms with Crippen LogP contribution in [0.1, 0.15) is 75.7 Å². The molecule has 0 spiro atoms. The van der Waals surface area contributed by atoms with Gasteiger partial charge in [0.15, 0.2) is 11.5 Å². The van der Waals surface area contributed by atoms with E-state index in [4.69, 9.17) is 39.6 Å². The van der Waals surface area contributed by atoms with E-state index in [9.17, 15) is 35.8 Å². The van der Waals surface area contributed by atoms with Crippen molar-refractivity contribution in [2.75, 3.05) is 20.1 Å². The van der Waals surface area contributed by atoms with E-state index in [1.807, 2.05) is 129 Å². The van der Waals surface area contributed by atoms with Crippen molar-refractivity contribution in [2.45, 2.75) is 90.6 Å². The molecule has 0 unspecified atom stereocenters. The molecule has 0 aliphatic heterocycles. The van der Waals surface area contributed by atoms with Crippen LogP contribution in [0.15, 0.2) is 194 Å². The van der Waals surface area contributed by atoms with Gasteiger partial charge in [0, 0.05) is 48.0 Å². The number of nitrogen functional groups attached to an aromatic ring is 1. The summed E-state index contributed by atoms with van der Waals surface area (Å²) in [6, 6.07) is 47.8. The zero-order valence-corrected chi connectivity index (χ0v) is 69.0. The molecule has 0 atom stereocenters. The number of fused-ring (bicyclic) bond motifs is 1. The van der Waals surface area contributed by atoms with E-state index in [1.165, 1.54) is 25.1 Å². The second-order valence-electron chi connectivity index (χ2n) is 20.5. The summed E-state index contributed by atoms with van der Waals surface area (Å²) in [5.41, 5.74) is 9.21. The molecule has 1 amide bonds. The Kier molecular flexibility index (Phi) is 42.6. The SMILES string of the molecule is Brc1ncccc1OCc1ccccc1.C#CC(=O)OC.COC(=O)c1cnn2c(Br)c(OCc3ccccc3)ccc12.Cc1cc(C)c(S(=O)(=O)[O-])c(C)c1.N[n+]1cccc(OCc2ccccc2)c1Br.O=CO[O-].[CH2+]C(C)(C)OC(=O)NOS(=O)(=O)c1c(C)cc(C)cc1C.[H-].[K+].[K+]. The molecule has 0 aliphatic rings. The average molecular weight is 1640 g/mol. The number of benzene rings is 5. The van der Waals surface area contributed by atoms with Gasteiger partial charge >= 0.3 is 136 Å². The van der Waals surface area contributed by atoms with Crippen molar-refractivity contribution < 1.29 is 192 Å². The molecule has 4 heterocycles. The van der Waals surface area contributed by atoms with Crippen LogP contribution in [-0.2, 0) is 73.0 Å². The van der Waals surface area contributed by atoms with Crippen LogP contribution in [-0.4, -0.2) is 80.3 Å². The molecule has 31 heteroatoms. The number of terminal acetylenes is 1. The quantitative estimate of drug-likeness (QED) is 0.00982. The van der Waals surface area contributed by atoms with Gasteiger partial charge in [-0.2, -0.15) is 19.0 Å². The molecule has 9 rings (SSSR count). The molecule has 0 saturated heterocycles. The molecule has 3 N–H and O–H groups in total. The van der Waals surface area contributed by atoms with Gasteiger partial charge in [0.05, 0.1) is 30.8 Å². The third kappa shape index (κ3) is 33.0. The Morgan fingerprint density at radius 1 is 0.697 bits per heavy atom. The number of halogens is 3. The van der Waals surface area contributed by atoms with Crippen LogP contribution in [0.4, 0.5) is 4.79 Å². The fourth-order valence-electron chi connectivity index (χ4n) is 8.24. The Morgan fingerprint density at radius 2 is 1.14 bits per heavy atom. The average Bonchev–Trinajstić information content (AvgIpc) is 1.14. The first-order valence-corrected chi connectivity index (χ1v) is 33.5. The molecule has 24 nitrogen and oxygen atoms in total. The summed E-state index contributed by atoms with van der Waals surface area (Å²) in [6.07, 6.45) is 8.48. The molecule has 9 aromatic rings. The number of carbonyl (C=O) groups is 4. The van der Waals surface area contributed by atoms with Crippen molar-refractivity contribution in [3.05, 3.63) is 247 Å². The van der Waals surface area contributed by atoms with Gasteiger partial charge in [0.25, 0.3) is 6.47 Å². The Balaban J connectivity index is 0.00000119. The van der Waals surface area contributed by atoms with Crippen LogP contribution in [0.5, 0.6) is 17.2 Å². The van der Waals surface area contributed by atoms with Crippen LogP contribution < -0.4 is 138 Å². The number of methoxy groups -OCH3 is 2.